The van der Waals surface area contributed by atoms with Crippen LogP contribution in [0.25, 0.3) is 0 Å². The number of carbonyl (C=O) groups excluding carboxylic acids is 1. The summed E-state index contributed by atoms with van der Waals surface area (Å²) in [6.07, 6.45) is 7.27. The van der Waals surface area contributed by atoms with Crippen molar-refractivity contribution in [1.29, 1.82) is 0 Å². The lowest BCUT2D eigenvalue weighted by Gasteiger charge is -2.45. The number of halogens is 2. The summed E-state index contributed by atoms with van der Waals surface area (Å²) < 4.78 is 14.8. The van der Waals surface area contributed by atoms with E-state index >= 15 is 0 Å². The van der Waals surface area contributed by atoms with Crippen molar-refractivity contribution in [2.45, 2.75) is 89.3 Å². The van der Waals surface area contributed by atoms with Gasteiger partial charge in [0.1, 0.15) is 5.82 Å². The minimum absolute atomic E-state index is 0.0734. The summed E-state index contributed by atoms with van der Waals surface area (Å²) in [5.41, 5.74) is 3.56. The molecule has 45 heavy (non-hydrogen) atoms. The number of aliphatic hydroxyl groups excluding tert-OH is 1. The molecule has 4 nitrogen and oxygen atoms in total. The number of hydrogen-bond acceptors (Lipinski definition) is 4. The lowest BCUT2D eigenvalue weighted by Crippen LogP contribution is -2.52. The lowest BCUT2D eigenvalue weighted by atomic mass is 9.64. The van der Waals surface area contributed by atoms with Crippen molar-refractivity contribution in [2.24, 2.45) is 5.41 Å². The third-order valence-electron chi connectivity index (χ3n) is 10.5. The van der Waals surface area contributed by atoms with Gasteiger partial charge < -0.3 is 15.1 Å². The zero-order valence-corrected chi connectivity index (χ0v) is 27.6. The van der Waals surface area contributed by atoms with Crippen LogP contribution in [-0.2, 0) is 19.3 Å². The van der Waals surface area contributed by atoms with Crippen LogP contribution in [0.3, 0.4) is 0 Å². The van der Waals surface area contributed by atoms with Crippen LogP contribution >= 0.6 is 11.6 Å². The molecule has 0 amide bonds. The summed E-state index contributed by atoms with van der Waals surface area (Å²) >= 11 is 6.35. The van der Waals surface area contributed by atoms with Gasteiger partial charge in [-0.15, -0.1) is 0 Å². The van der Waals surface area contributed by atoms with Gasteiger partial charge in [-0.3, -0.25) is 4.79 Å². The van der Waals surface area contributed by atoms with Crippen molar-refractivity contribution < 1.29 is 19.4 Å². The van der Waals surface area contributed by atoms with Gasteiger partial charge in [-0.05, 0) is 106 Å². The Labute approximate surface area is 272 Å². The van der Waals surface area contributed by atoms with E-state index in [0.717, 1.165) is 49.8 Å². The van der Waals surface area contributed by atoms with Crippen molar-refractivity contribution in [1.82, 2.24) is 4.90 Å². The number of aliphatic hydroxyl groups is 2. The van der Waals surface area contributed by atoms with Gasteiger partial charge >= 0.3 is 0 Å². The van der Waals surface area contributed by atoms with Gasteiger partial charge in [0, 0.05) is 41.1 Å². The van der Waals surface area contributed by atoms with Crippen molar-refractivity contribution in [2.75, 3.05) is 20.1 Å². The summed E-state index contributed by atoms with van der Waals surface area (Å²) in [6.45, 7) is 5.68. The van der Waals surface area contributed by atoms with Crippen LogP contribution in [0.5, 0.6) is 0 Å². The van der Waals surface area contributed by atoms with E-state index in [1.165, 1.54) is 17.2 Å². The molecule has 2 bridgehead atoms. The van der Waals surface area contributed by atoms with Crippen molar-refractivity contribution in [3.63, 3.8) is 0 Å². The maximum absolute atomic E-state index is 14.8. The Morgan fingerprint density at radius 3 is 2.60 bits per heavy atom. The van der Waals surface area contributed by atoms with Gasteiger partial charge in [-0.1, -0.05) is 78.7 Å². The second kappa shape index (κ2) is 14.3. The summed E-state index contributed by atoms with van der Waals surface area (Å²) in [7, 11) is 2.08. The molecule has 240 valence electrons. The number of likely N-dealkylation sites (N-methyl/N-ethyl adjacent to an activating group) is 1. The van der Waals surface area contributed by atoms with E-state index in [1.54, 1.807) is 12.1 Å². The van der Waals surface area contributed by atoms with Gasteiger partial charge in [-0.2, -0.15) is 0 Å². The number of carbonyl (C=O) groups is 1. The van der Waals surface area contributed by atoms with E-state index < -0.39 is 22.9 Å². The topological polar surface area (TPSA) is 60.8 Å². The number of ketones is 1. The van der Waals surface area contributed by atoms with Crippen molar-refractivity contribution in [3.8, 4) is 0 Å². The summed E-state index contributed by atoms with van der Waals surface area (Å²) in [5, 5.41) is 23.6. The van der Waals surface area contributed by atoms with Gasteiger partial charge in [-0.25, -0.2) is 4.39 Å². The maximum atomic E-state index is 14.8. The van der Waals surface area contributed by atoms with E-state index in [-0.39, 0.29) is 28.7 Å². The van der Waals surface area contributed by atoms with E-state index in [4.69, 9.17) is 11.6 Å². The van der Waals surface area contributed by atoms with Crippen molar-refractivity contribution in [3.05, 3.63) is 117 Å². The molecule has 4 atom stereocenters. The second-order valence-electron chi connectivity index (χ2n) is 13.7. The van der Waals surface area contributed by atoms with Crippen LogP contribution in [0, 0.1) is 11.2 Å². The molecule has 0 aromatic heterocycles. The number of fused-ring (bicyclic) bond motifs is 8. The summed E-state index contributed by atoms with van der Waals surface area (Å²) in [4.78, 5) is 16.3. The Morgan fingerprint density at radius 2 is 1.84 bits per heavy atom. The average Bonchev–Trinajstić information content (AvgIpc) is 3.26. The third-order valence-corrected chi connectivity index (χ3v) is 10.9. The standard InChI is InChI=1S/C39H47ClFNO3/c1-27-9-8-20-38(2)34(18-21-39(38,45)26-42(3)22-19-28-10-5-4-6-11-28)31-17-15-29(23-30(43)16-14-27)24-32(31)37(44)25-33-35(40)12-7-13-36(33)41/h4-7,9-13,15,17,24,30,34,43,45H,8,14,16,18-23,25-26H2,1-3H3/t30-,34-,38-,39+/m0/s1. The van der Waals surface area contributed by atoms with E-state index in [9.17, 15) is 19.4 Å². The van der Waals surface area contributed by atoms with Crippen LogP contribution < -0.4 is 0 Å². The average molecular weight is 632 g/mol. The first-order valence-electron chi connectivity index (χ1n) is 16.4. The van der Waals surface area contributed by atoms with Gasteiger partial charge in [0.15, 0.2) is 5.78 Å². The monoisotopic (exact) mass is 631 g/mol. The molecule has 3 aliphatic rings. The number of rotatable bonds is 8. The zero-order chi connectivity index (χ0) is 32.2. The Bertz CT molecular complexity index is 1500. The van der Waals surface area contributed by atoms with Gasteiger partial charge in [0.05, 0.1) is 11.7 Å². The molecule has 6 heteroatoms. The fourth-order valence-electron chi connectivity index (χ4n) is 7.69. The molecule has 3 aromatic carbocycles. The molecule has 0 heterocycles. The molecule has 3 aromatic rings. The highest BCUT2D eigenvalue weighted by Crippen LogP contribution is 2.58. The summed E-state index contributed by atoms with van der Waals surface area (Å²) in [6, 6.07) is 20.8. The normalized spacial score (nSPS) is 25.6. The lowest BCUT2D eigenvalue weighted by molar-refractivity contribution is -0.0798. The highest BCUT2D eigenvalue weighted by molar-refractivity contribution is 6.31. The number of hydrogen-bond donors (Lipinski definition) is 2. The highest BCUT2D eigenvalue weighted by Gasteiger charge is 2.57. The minimum atomic E-state index is -0.966. The first-order chi connectivity index (χ1) is 21.5. The SMILES string of the molecule is CC1=CCC[C@@]2(C)[C@@H](CC[C@@]2(O)CN(C)CCc2ccccc2)c2ccc(cc2C(=O)Cc2c(F)cccc2Cl)C[C@@H](O)CC1. The van der Waals surface area contributed by atoms with Crippen LogP contribution in [-0.4, -0.2) is 52.7 Å². The van der Waals surface area contributed by atoms with Crippen molar-refractivity contribution >= 4 is 17.4 Å². The van der Waals surface area contributed by atoms with Crippen LogP contribution in [0.4, 0.5) is 4.39 Å². The molecular weight excluding hydrogens is 585 g/mol. The third kappa shape index (κ3) is 7.60. The molecule has 1 saturated carbocycles. The molecule has 0 saturated heterocycles. The van der Waals surface area contributed by atoms with Gasteiger partial charge in [0.25, 0.3) is 0 Å². The first-order valence-corrected chi connectivity index (χ1v) is 16.7. The number of allylic oxidation sites excluding steroid dienone is 2. The Kier molecular flexibility index (Phi) is 10.7. The number of benzene rings is 3. The van der Waals surface area contributed by atoms with Crippen LogP contribution in [0.2, 0.25) is 5.02 Å². The fraction of sp³-hybridized carbons (Fsp3) is 0.462. The molecule has 2 N–H and O–H groups in total. The number of nitrogens with zero attached hydrogens (tertiary/aromatic N) is 1. The first kappa shape index (κ1) is 33.5. The Hall–Kier alpha value is -2.83. The molecule has 6 rings (SSSR count). The molecule has 0 aliphatic heterocycles. The fourth-order valence-corrected chi connectivity index (χ4v) is 7.92. The van der Waals surface area contributed by atoms with Crippen LogP contribution in [0.15, 0.2) is 78.4 Å². The second-order valence-corrected chi connectivity index (χ2v) is 14.1. The van der Waals surface area contributed by atoms with E-state index in [2.05, 4.69) is 56.1 Å². The summed E-state index contributed by atoms with van der Waals surface area (Å²) in [5.74, 6) is -0.767. The Balaban J connectivity index is 1.51. The minimum Gasteiger partial charge on any atom is -0.393 e. The van der Waals surface area contributed by atoms with Crippen LogP contribution in [0.1, 0.15) is 90.9 Å². The molecule has 0 unspecified atom stereocenters. The Morgan fingerprint density at radius 1 is 1.07 bits per heavy atom. The number of Topliss-reactive ketones (excluding diaryl/α,β-unsaturated/α-hetero) is 1. The smallest absolute Gasteiger partial charge is 0.167 e. The molecule has 1 fully saturated rings. The zero-order valence-electron chi connectivity index (χ0n) is 26.9. The molecular formula is C39H47ClFNO3. The van der Waals surface area contributed by atoms with E-state index in [0.29, 0.717) is 31.4 Å². The highest BCUT2D eigenvalue weighted by atomic mass is 35.5. The maximum Gasteiger partial charge on any atom is 0.167 e. The molecule has 0 radical (unpaired) electrons. The largest absolute Gasteiger partial charge is 0.393 e. The predicted molar refractivity (Wildman–Crippen MR) is 180 cm³/mol. The molecule has 0 spiro atoms. The van der Waals surface area contributed by atoms with Gasteiger partial charge in [0.2, 0.25) is 0 Å². The quantitative estimate of drug-likeness (QED) is 0.195. The molecule has 3 aliphatic carbocycles. The predicted octanol–water partition coefficient (Wildman–Crippen LogP) is 8.12. The van der Waals surface area contributed by atoms with E-state index in [1.807, 2.05) is 24.3 Å².